The summed E-state index contributed by atoms with van der Waals surface area (Å²) in [5.74, 6) is 1.43. The molecule has 0 aliphatic carbocycles. The smallest absolute Gasteiger partial charge is 0.226 e. The zero-order valence-electron chi connectivity index (χ0n) is 19.7. The van der Waals surface area contributed by atoms with Crippen molar-refractivity contribution in [1.29, 1.82) is 0 Å². The van der Waals surface area contributed by atoms with Gasteiger partial charge in [-0.15, -0.1) is 0 Å². The molecule has 0 radical (unpaired) electrons. The van der Waals surface area contributed by atoms with Crippen molar-refractivity contribution in [2.45, 2.75) is 32.6 Å². The van der Waals surface area contributed by atoms with Crippen LogP contribution in [0.15, 0.2) is 48.5 Å². The van der Waals surface area contributed by atoms with E-state index in [1.807, 2.05) is 25.1 Å². The lowest BCUT2D eigenvalue weighted by Crippen LogP contribution is -2.33. The minimum atomic E-state index is -0.325. The van der Waals surface area contributed by atoms with E-state index in [1.54, 1.807) is 30.0 Å². The largest absolute Gasteiger partial charge is 0.497 e. The van der Waals surface area contributed by atoms with Gasteiger partial charge in [0, 0.05) is 31.1 Å². The van der Waals surface area contributed by atoms with Gasteiger partial charge in [0.15, 0.2) is 0 Å². The molecule has 2 heterocycles. The Morgan fingerprint density at radius 2 is 1.85 bits per heavy atom. The lowest BCUT2D eigenvalue weighted by molar-refractivity contribution is -0.121. The van der Waals surface area contributed by atoms with E-state index in [0.717, 1.165) is 30.9 Å². The molecule has 1 N–H and O–H groups in total. The molecule has 1 aliphatic rings. The quantitative estimate of drug-likeness (QED) is 0.483. The Balaban J connectivity index is 1.51. The lowest BCUT2D eigenvalue weighted by atomic mass is 10.1. The van der Waals surface area contributed by atoms with Crippen molar-refractivity contribution < 1.29 is 18.7 Å². The Labute approximate surface area is 199 Å². The number of nitrogens with zero attached hydrogens (tertiary/aromatic N) is 3. The number of aromatic nitrogens is 2. The Morgan fingerprint density at radius 3 is 2.59 bits per heavy atom. The van der Waals surface area contributed by atoms with Crippen LogP contribution >= 0.6 is 0 Å². The summed E-state index contributed by atoms with van der Waals surface area (Å²) < 4.78 is 26.7. The van der Waals surface area contributed by atoms with Crippen molar-refractivity contribution >= 4 is 5.91 Å². The fourth-order valence-electron chi connectivity index (χ4n) is 4.15. The summed E-state index contributed by atoms with van der Waals surface area (Å²) in [6, 6.07) is 13.4. The predicted octanol–water partition coefficient (Wildman–Crippen LogP) is 4.27. The molecule has 1 aliphatic heterocycles. The van der Waals surface area contributed by atoms with Gasteiger partial charge >= 0.3 is 0 Å². The molecule has 1 saturated heterocycles. The van der Waals surface area contributed by atoms with Crippen LogP contribution in [-0.2, 0) is 11.2 Å². The van der Waals surface area contributed by atoms with Gasteiger partial charge in [-0.3, -0.25) is 4.79 Å². The summed E-state index contributed by atoms with van der Waals surface area (Å²) in [6.07, 6.45) is 3.27. The third-order valence-corrected chi connectivity index (χ3v) is 6.02. The summed E-state index contributed by atoms with van der Waals surface area (Å²) in [5, 5.41) is 7.66. The van der Waals surface area contributed by atoms with Crippen molar-refractivity contribution in [3.63, 3.8) is 0 Å². The molecule has 0 spiro atoms. The third-order valence-electron chi connectivity index (χ3n) is 6.02. The molecule has 180 valence electrons. The summed E-state index contributed by atoms with van der Waals surface area (Å²) in [7, 11) is 1.60. The first-order valence-electron chi connectivity index (χ1n) is 11.7. The van der Waals surface area contributed by atoms with Gasteiger partial charge in [0.2, 0.25) is 11.8 Å². The van der Waals surface area contributed by atoms with E-state index < -0.39 is 0 Å². The van der Waals surface area contributed by atoms with Gasteiger partial charge in [-0.1, -0.05) is 6.07 Å². The Morgan fingerprint density at radius 1 is 1.12 bits per heavy atom. The maximum atomic E-state index is 13.5. The molecular weight excluding hydrogens is 435 g/mol. The highest BCUT2D eigenvalue weighted by Gasteiger charge is 2.20. The van der Waals surface area contributed by atoms with E-state index in [9.17, 15) is 9.18 Å². The van der Waals surface area contributed by atoms with Crippen LogP contribution in [0.3, 0.4) is 0 Å². The number of rotatable bonds is 10. The standard InChI is InChI=1S/C26H31FN4O3/c1-19-24(12-13-25(32)28-14-17-30-15-3-4-16-30)26(34-23-7-5-6-22(18-23)33-2)31(29-19)21-10-8-20(27)9-11-21/h5-11,18H,3-4,12-17H2,1-2H3,(H,28,32). The number of halogens is 1. The Bertz CT molecular complexity index is 1110. The second-order valence-corrected chi connectivity index (χ2v) is 8.44. The zero-order chi connectivity index (χ0) is 23.9. The summed E-state index contributed by atoms with van der Waals surface area (Å²) >= 11 is 0. The number of carbonyl (C=O) groups is 1. The van der Waals surface area contributed by atoms with Gasteiger partial charge in [-0.05, 0) is 75.7 Å². The minimum absolute atomic E-state index is 0.000425. The van der Waals surface area contributed by atoms with Crippen molar-refractivity contribution in [1.82, 2.24) is 20.0 Å². The van der Waals surface area contributed by atoms with Gasteiger partial charge in [0.1, 0.15) is 17.3 Å². The number of aryl methyl sites for hydroxylation is 1. The molecule has 34 heavy (non-hydrogen) atoms. The van der Waals surface area contributed by atoms with Crippen LogP contribution in [0.1, 0.15) is 30.5 Å². The molecular formula is C26H31FN4O3. The van der Waals surface area contributed by atoms with Crippen molar-refractivity contribution in [2.24, 2.45) is 0 Å². The average Bonchev–Trinajstić information content (AvgIpc) is 3.46. The number of nitrogens with one attached hydrogen (secondary N) is 1. The molecule has 4 rings (SSSR count). The van der Waals surface area contributed by atoms with Crippen LogP contribution in [-0.4, -0.2) is 53.9 Å². The molecule has 7 nitrogen and oxygen atoms in total. The summed E-state index contributed by atoms with van der Waals surface area (Å²) in [5.41, 5.74) is 2.26. The van der Waals surface area contributed by atoms with Gasteiger partial charge in [0.05, 0.1) is 18.5 Å². The third kappa shape index (κ3) is 5.94. The topological polar surface area (TPSA) is 68.6 Å². The Kier molecular flexibility index (Phi) is 7.80. The number of hydrogen-bond donors (Lipinski definition) is 1. The van der Waals surface area contributed by atoms with Crippen LogP contribution in [0.4, 0.5) is 4.39 Å². The number of benzene rings is 2. The van der Waals surface area contributed by atoms with Crippen molar-refractivity contribution in [3.05, 3.63) is 65.6 Å². The van der Waals surface area contributed by atoms with E-state index in [4.69, 9.17) is 9.47 Å². The molecule has 0 saturated carbocycles. The van der Waals surface area contributed by atoms with Gasteiger partial charge in [-0.25, -0.2) is 9.07 Å². The van der Waals surface area contributed by atoms with Crippen LogP contribution in [0.5, 0.6) is 17.4 Å². The van der Waals surface area contributed by atoms with E-state index in [0.29, 0.717) is 42.5 Å². The number of methoxy groups -OCH3 is 1. The molecule has 0 unspecified atom stereocenters. The molecule has 8 heteroatoms. The fraction of sp³-hybridized carbons (Fsp3) is 0.385. The molecule has 1 amide bonds. The minimum Gasteiger partial charge on any atom is -0.497 e. The van der Waals surface area contributed by atoms with Gasteiger partial charge in [0.25, 0.3) is 0 Å². The van der Waals surface area contributed by atoms with Crippen LogP contribution in [0.25, 0.3) is 5.69 Å². The van der Waals surface area contributed by atoms with E-state index in [1.165, 1.54) is 25.0 Å². The second kappa shape index (κ2) is 11.2. The maximum absolute atomic E-state index is 13.5. The number of hydrogen-bond acceptors (Lipinski definition) is 5. The monoisotopic (exact) mass is 466 g/mol. The Hall–Kier alpha value is -3.39. The van der Waals surface area contributed by atoms with Crippen LogP contribution in [0, 0.1) is 12.7 Å². The highest BCUT2D eigenvalue weighted by molar-refractivity contribution is 5.76. The maximum Gasteiger partial charge on any atom is 0.226 e. The molecule has 2 aromatic carbocycles. The number of ether oxygens (including phenoxy) is 2. The number of carbonyl (C=O) groups excluding carboxylic acids is 1. The highest BCUT2D eigenvalue weighted by Crippen LogP contribution is 2.32. The summed E-state index contributed by atoms with van der Waals surface area (Å²) in [6.45, 7) is 5.65. The van der Waals surface area contributed by atoms with Gasteiger partial charge < -0.3 is 19.7 Å². The van der Waals surface area contributed by atoms with Crippen molar-refractivity contribution in [3.8, 4) is 23.1 Å². The van der Waals surface area contributed by atoms with Crippen LogP contribution in [0.2, 0.25) is 0 Å². The normalized spacial score (nSPS) is 13.7. The van der Waals surface area contributed by atoms with E-state index in [-0.39, 0.29) is 11.7 Å². The highest BCUT2D eigenvalue weighted by atomic mass is 19.1. The molecule has 1 aromatic heterocycles. The molecule has 3 aromatic rings. The van der Waals surface area contributed by atoms with E-state index >= 15 is 0 Å². The average molecular weight is 467 g/mol. The predicted molar refractivity (Wildman–Crippen MR) is 128 cm³/mol. The fourth-order valence-corrected chi connectivity index (χ4v) is 4.15. The van der Waals surface area contributed by atoms with E-state index in [2.05, 4.69) is 15.3 Å². The second-order valence-electron chi connectivity index (χ2n) is 8.44. The zero-order valence-corrected chi connectivity index (χ0v) is 19.7. The first kappa shape index (κ1) is 23.8. The number of amides is 1. The number of likely N-dealkylation sites (tertiary alicyclic amines) is 1. The SMILES string of the molecule is COc1cccc(Oc2c(CCC(=O)NCCN3CCCC3)c(C)nn2-c2ccc(F)cc2)c1. The van der Waals surface area contributed by atoms with Crippen molar-refractivity contribution in [2.75, 3.05) is 33.3 Å². The molecule has 0 atom stereocenters. The first-order valence-corrected chi connectivity index (χ1v) is 11.7. The van der Waals surface area contributed by atoms with Gasteiger partial charge in [-0.2, -0.15) is 5.10 Å². The summed E-state index contributed by atoms with van der Waals surface area (Å²) in [4.78, 5) is 14.9. The molecule has 0 bridgehead atoms. The first-order chi connectivity index (χ1) is 16.5. The van der Waals surface area contributed by atoms with Crippen LogP contribution < -0.4 is 14.8 Å². The lowest BCUT2D eigenvalue weighted by Gasteiger charge is -2.15. The molecule has 1 fully saturated rings.